The van der Waals surface area contributed by atoms with E-state index in [1.54, 1.807) is 0 Å². The van der Waals surface area contributed by atoms with Crippen LogP contribution in [0.3, 0.4) is 0 Å². The maximum absolute atomic E-state index is 4.52. The molecule has 0 radical (unpaired) electrons. The first-order chi connectivity index (χ1) is 7.31. The Bertz CT molecular complexity index is 322. The van der Waals surface area contributed by atoms with Crippen molar-refractivity contribution >= 4 is 0 Å². The molecule has 0 saturated carbocycles. The van der Waals surface area contributed by atoms with Crippen LogP contribution < -0.4 is 0 Å². The summed E-state index contributed by atoms with van der Waals surface area (Å²) in [4.78, 5) is 7.07. The molecule has 1 aromatic heterocycles. The fourth-order valence-corrected chi connectivity index (χ4v) is 2.45. The Hall–Kier alpha value is -0.890. The summed E-state index contributed by atoms with van der Waals surface area (Å²) in [6.45, 7) is 6.76. The number of pyridine rings is 1. The highest BCUT2D eigenvalue weighted by molar-refractivity contribution is 5.17. The minimum absolute atomic E-state index is 0.559. The van der Waals surface area contributed by atoms with Crippen LogP contribution in [-0.2, 0) is 0 Å². The van der Waals surface area contributed by atoms with Gasteiger partial charge < -0.3 is 0 Å². The van der Waals surface area contributed by atoms with Gasteiger partial charge in [0.25, 0.3) is 0 Å². The van der Waals surface area contributed by atoms with Crippen molar-refractivity contribution in [1.82, 2.24) is 9.88 Å². The van der Waals surface area contributed by atoms with Gasteiger partial charge in [0.05, 0.1) is 11.7 Å². The van der Waals surface area contributed by atoms with Crippen LogP contribution in [0.15, 0.2) is 18.3 Å². The van der Waals surface area contributed by atoms with E-state index in [4.69, 9.17) is 0 Å². The largest absolute Gasteiger partial charge is 0.295 e. The molecule has 2 rings (SSSR count). The molecule has 1 fully saturated rings. The van der Waals surface area contributed by atoms with E-state index in [-0.39, 0.29) is 0 Å². The van der Waals surface area contributed by atoms with E-state index >= 15 is 0 Å². The highest BCUT2D eigenvalue weighted by atomic mass is 15.2. The third-order valence-corrected chi connectivity index (χ3v) is 3.30. The Morgan fingerprint density at radius 1 is 1.47 bits per heavy atom. The van der Waals surface area contributed by atoms with Gasteiger partial charge in [-0.2, -0.15) is 0 Å². The lowest BCUT2D eigenvalue weighted by molar-refractivity contribution is 0.154. The second kappa shape index (κ2) is 4.75. The number of likely N-dealkylation sites (tertiary alicyclic amines) is 1. The molecule has 0 N–H and O–H groups in total. The summed E-state index contributed by atoms with van der Waals surface area (Å²) < 4.78 is 0. The van der Waals surface area contributed by atoms with E-state index in [1.165, 1.54) is 37.1 Å². The van der Waals surface area contributed by atoms with E-state index in [0.717, 1.165) is 6.54 Å². The molecule has 2 heterocycles. The molecule has 2 nitrogen and oxygen atoms in total. The number of aromatic nitrogens is 1. The van der Waals surface area contributed by atoms with Crippen LogP contribution in [-0.4, -0.2) is 23.0 Å². The first-order valence-electron chi connectivity index (χ1n) is 5.98. The number of hydrogen-bond acceptors (Lipinski definition) is 2. The molecule has 15 heavy (non-hydrogen) atoms. The SMILES string of the molecule is CCN1CCCC[C@@H]1c1cc(C)ccn1. The number of aryl methyl sites for hydroxylation is 1. The minimum atomic E-state index is 0.559. The molecular formula is C13H20N2. The number of rotatable bonds is 2. The van der Waals surface area contributed by atoms with Gasteiger partial charge in [-0.05, 0) is 50.6 Å². The van der Waals surface area contributed by atoms with E-state index in [2.05, 4.69) is 35.9 Å². The summed E-state index contributed by atoms with van der Waals surface area (Å²) in [7, 11) is 0. The second-order valence-corrected chi connectivity index (χ2v) is 4.40. The molecule has 1 aromatic rings. The molecule has 0 bridgehead atoms. The Morgan fingerprint density at radius 2 is 2.33 bits per heavy atom. The monoisotopic (exact) mass is 204 g/mol. The zero-order chi connectivity index (χ0) is 10.7. The van der Waals surface area contributed by atoms with Gasteiger partial charge in [-0.15, -0.1) is 0 Å². The summed E-state index contributed by atoms with van der Waals surface area (Å²) in [6, 6.07) is 4.87. The molecule has 0 spiro atoms. The van der Waals surface area contributed by atoms with E-state index < -0.39 is 0 Å². The van der Waals surface area contributed by atoms with Crippen molar-refractivity contribution in [2.45, 2.75) is 39.2 Å². The lowest BCUT2D eigenvalue weighted by atomic mass is 9.98. The lowest BCUT2D eigenvalue weighted by Crippen LogP contribution is -2.33. The molecule has 0 unspecified atom stereocenters. The second-order valence-electron chi connectivity index (χ2n) is 4.40. The number of nitrogens with zero attached hydrogens (tertiary/aromatic N) is 2. The summed E-state index contributed by atoms with van der Waals surface area (Å²) in [5.74, 6) is 0. The predicted octanol–water partition coefficient (Wildman–Crippen LogP) is 2.94. The average Bonchev–Trinajstić information content (AvgIpc) is 2.29. The van der Waals surface area contributed by atoms with Gasteiger partial charge in [0.15, 0.2) is 0 Å². The number of hydrogen-bond donors (Lipinski definition) is 0. The van der Waals surface area contributed by atoms with E-state index in [0.29, 0.717) is 6.04 Å². The molecule has 1 aliphatic rings. The Morgan fingerprint density at radius 3 is 3.07 bits per heavy atom. The zero-order valence-corrected chi connectivity index (χ0v) is 9.74. The van der Waals surface area contributed by atoms with Crippen LogP contribution in [0.1, 0.15) is 43.5 Å². The van der Waals surface area contributed by atoms with Crippen molar-refractivity contribution in [3.8, 4) is 0 Å². The first-order valence-corrected chi connectivity index (χ1v) is 5.98. The van der Waals surface area contributed by atoms with Crippen LogP contribution in [0.25, 0.3) is 0 Å². The van der Waals surface area contributed by atoms with Gasteiger partial charge >= 0.3 is 0 Å². The van der Waals surface area contributed by atoms with Crippen LogP contribution in [0.4, 0.5) is 0 Å². The van der Waals surface area contributed by atoms with Gasteiger partial charge in [-0.3, -0.25) is 9.88 Å². The molecule has 0 amide bonds. The summed E-state index contributed by atoms with van der Waals surface area (Å²) in [5.41, 5.74) is 2.58. The Labute approximate surface area is 92.3 Å². The highest BCUT2D eigenvalue weighted by Gasteiger charge is 2.23. The maximum Gasteiger partial charge on any atom is 0.0578 e. The van der Waals surface area contributed by atoms with Crippen LogP contribution in [0, 0.1) is 6.92 Å². The maximum atomic E-state index is 4.52. The molecule has 2 heteroatoms. The molecule has 1 atom stereocenters. The van der Waals surface area contributed by atoms with Crippen molar-refractivity contribution in [3.05, 3.63) is 29.6 Å². The normalized spacial score (nSPS) is 22.9. The molecule has 82 valence electrons. The fraction of sp³-hybridized carbons (Fsp3) is 0.615. The summed E-state index contributed by atoms with van der Waals surface area (Å²) in [5, 5.41) is 0. The Kier molecular flexibility index (Phi) is 3.37. The van der Waals surface area contributed by atoms with Gasteiger partial charge in [0.2, 0.25) is 0 Å². The van der Waals surface area contributed by atoms with Crippen LogP contribution in [0.5, 0.6) is 0 Å². The van der Waals surface area contributed by atoms with Gasteiger partial charge in [0, 0.05) is 6.20 Å². The molecular weight excluding hydrogens is 184 g/mol. The van der Waals surface area contributed by atoms with E-state index in [1.807, 2.05) is 6.20 Å². The predicted molar refractivity (Wildman–Crippen MR) is 62.8 cm³/mol. The van der Waals surface area contributed by atoms with Gasteiger partial charge in [-0.1, -0.05) is 13.3 Å². The fourth-order valence-electron chi connectivity index (χ4n) is 2.45. The highest BCUT2D eigenvalue weighted by Crippen LogP contribution is 2.29. The Balaban J connectivity index is 2.20. The van der Waals surface area contributed by atoms with Crippen molar-refractivity contribution < 1.29 is 0 Å². The molecule has 0 aromatic carbocycles. The average molecular weight is 204 g/mol. The molecule has 1 saturated heterocycles. The smallest absolute Gasteiger partial charge is 0.0578 e. The van der Waals surface area contributed by atoms with Crippen molar-refractivity contribution in [2.24, 2.45) is 0 Å². The zero-order valence-electron chi connectivity index (χ0n) is 9.74. The quantitative estimate of drug-likeness (QED) is 0.736. The van der Waals surface area contributed by atoms with Crippen molar-refractivity contribution in [3.63, 3.8) is 0 Å². The number of piperidine rings is 1. The minimum Gasteiger partial charge on any atom is -0.295 e. The van der Waals surface area contributed by atoms with Crippen molar-refractivity contribution in [1.29, 1.82) is 0 Å². The first kappa shape index (κ1) is 10.6. The van der Waals surface area contributed by atoms with Gasteiger partial charge in [-0.25, -0.2) is 0 Å². The van der Waals surface area contributed by atoms with Crippen LogP contribution in [0.2, 0.25) is 0 Å². The summed E-state index contributed by atoms with van der Waals surface area (Å²) in [6.07, 6.45) is 5.89. The molecule has 0 aliphatic carbocycles. The van der Waals surface area contributed by atoms with E-state index in [9.17, 15) is 0 Å². The summed E-state index contributed by atoms with van der Waals surface area (Å²) >= 11 is 0. The van der Waals surface area contributed by atoms with Crippen LogP contribution >= 0.6 is 0 Å². The third kappa shape index (κ3) is 2.37. The molecule has 1 aliphatic heterocycles. The third-order valence-electron chi connectivity index (χ3n) is 3.30. The van der Waals surface area contributed by atoms with Gasteiger partial charge in [0.1, 0.15) is 0 Å². The van der Waals surface area contributed by atoms with Crippen molar-refractivity contribution in [2.75, 3.05) is 13.1 Å². The standard InChI is InChI=1S/C13H20N2/c1-3-15-9-5-4-6-13(15)12-10-11(2)7-8-14-12/h7-8,10,13H,3-6,9H2,1-2H3/t13-/m1/s1. The lowest BCUT2D eigenvalue weighted by Gasteiger charge is -2.34. The topological polar surface area (TPSA) is 16.1 Å².